The van der Waals surface area contributed by atoms with E-state index in [0.29, 0.717) is 0 Å². The van der Waals surface area contributed by atoms with Gasteiger partial charge in [-0.05, 0) is 89.8 Å². The van der Waals surface area contributed by atoms with E-state index in [1.165, 1.54) is 16.7 Å². The third-order valence-electron chi connectivity index (χ3n) is 6.21. The van der Waals surface area contributed by atoms with Gasteiger partial charge in [0, 0.05) is 0 Å². The highest BCUT2D eigenvalue weighted by Gasteiger charge is 2.26. The lowest BCUT2D eigenvalue weighted by Gasteiger charge is -2.19. The van der Waals surface area contributed by atoms with Crippen molar-refractivity contribution in [1.82, 2.24) is 0 Å². The second-order valence-electron chi connectivity index (χ2n) is 9.70. The van der Waals surface area contributed by atoms with Crippen LogP contribution >= 0.6 is 0 Å². The molecule has 1 aromatic rings. The summed E-state index contributed by atoms with van der Waals surface area (Å²) in [4.78, 5) is 22.3. The standard InChI is InChI=1S/C25H40O4/c1-19-20(13-8-6-10-17-24(2,3)22(26)27)15-12-16-21(19)14-9-7-11-18-25(4,5)23(28)29/h12,15-16H,6-11,13-14,17-18H2,1-5H3,(H,26,27)(H,28,29). The second-order valence-corrected chi connectivity index (χ2v) is 9.70. The Morgan fingerprint density at radius 2 is 1.10 bits per heavy atom. The van der Waals surface area contributed by atoms with Crippen molar-refractivity contribution in [3.05, 3.63) is 34.9 Å². The summed E-state index contributed by atoms with van der Waals surface area (Å²) in [7, 11) is 0. The van der Waals surface area contributed by atoms with Gasteiger partial charge >= 0.3 is 11.9 Å². The molecule has 0 amide bonds. The first-order valence-electron chi connectivity index (χ1n) is 11.0. The molecule has 4 nitrogen and oxygen atoms in total. The summed E-state index contributed by atoms with van der Waals surface area (Å²) in [5.41, 5.74) is 2.91. The number of rotatable bonds is 14. The van der Waals surface area contributed by atoms with E-state index in [9.17, 15) is 19.8 Å². The molecule has 164 valence electrons. The van der Waals surface area contributed by atoms with E-state index in [1.807, 2.05) is 0 Å². The van der Waals surface area contributed by atoms with Gasteiger partial charge in [-0.2, -0.15) is 0 Å². The molecule has 0 aliphatic carbocycles. The number of aliphatic carboxylic acids is 2. The van der Waals surface area contributed by atoms with E-state index in [-0.39, 0.29) is 0 Å². The molecule has 2 N–H and O–H groups in total. The summed E-state index contributed by atoms with van der Waals surface area (Å²) < 4.78 is 0. The SMILES string of the molecule is Cc1c(CCCCCC(C)(C)C(=O)O)cccc1CCCCCC(C)(C)C(=O)O. The Labute approximate surface area is 176 Å². The summed E-state index contributed by atoms with van der Waals surface area (Å²) in [6.45, 7) is 9.39. The van der Waals surface area contributed by atoms with Gasteiger partial charge in [-0.3, -0.25) is 9.59 Å². The average Bonchev–Trinajstić information content (AvgIpc) is 2.63. The van der Waals surface area contributed by atoms with Gasteiger partial charge in [0.15, 0.2) is 0 Å². The fraction of sp³-hybridized carbons (Fsp3) is 0.680. The van der Waals surface area contributed by atoms with E-state index >= 15 is 0 Å². The molecule has 0 aromatic heterocycles. The van der Waals surface area contributed by atoms with E-state index < -0.39 is 22.8 Å². The lowest BCUT2D eigenvalue weighted by atomic mass is 9.86. The van der Waals surface area contributed by atoms with Crippen LogP contribution in [0, 0.1) is 17.8 Å². The summed E-state index contributed by atoms with van der Waals surface area (Å²) >= 11 is 0. The van der Waals surface area contributed by atoms with Crippen molar-refractivity contribution in [2.75, 3.05) is 0 Å². The quantitative estimate of drug-likeness (QED) is 0.351. The number of carboxylic acids is 2. The molecule has 0 saturated heterocycles. The molecule has 0 atom stereocenters. The number of unbranched alkanes of at least 4 members (excludes halogenated alkanes) is 4. The van der Waals surface area contributed by atoms with Gasteiger partial charge in [0.2, 0.25) is 0 Å². The molecular formula is C25H40O4. The van der Waals surface area contributed by atoms with Crippen molar-refractivity contribution < 1.29 is 19.8 Å². The fourth-order valence-corrected chi connectivity index (χ4v) is 3.61. The van der Waals surface area contributed by atoms with Gasteiger partial charge in [-0.15, -0.1) is 0 Å². The number of carbonyl (C=O) groups is 2. The molecule has 0 aliphatic rings. The van der Waals surface area contributed by atoms with E-state index in [4.69, 9.17) is 0 Å². The summed E-state index contributed by atoms with van der Waals surface area (Å²) in [6.07, 6.45) is 9.71. The lowest BCUT2D eigenvalue weighted by Crippen LogP contribution is -2.23. The molecular weight excluding hydrogens is 364 g/mol. The van der Waals surface area contributed by atoms with Crippen LogP contribution < -0.4 is 0 Å². The summed E-state index contributed by atoms with van der Waals surface area (Å²) in [5.74, 6) is -1.43. The van der Waals surface area contributed by atoms with Crippen LogP contribution in [0.25, 0.3) is 0 Å². The van der Waals surface area contributed by atoms with Crippen molar-refractivity contribution >= 4 is 11.9 Å². The summed E-state index contributed by atoms with van der Waals surface area (Å²) in [5, 5.41) is 18.4. The van der Waals surface area contributed by atoms with Crippen molar-refractivity contribution in [2.45, 2.75) is 98.8 Å². The topological polar surface area (TPSA) is 74.6 Å². The maximum absolute atomic E-state index is 11.2. The van der Waals surface area contributed by atoms with Gasteiger partial charge in [-0.25, -0.2) is 0 Å². The zero-order chi connectivity index (χ0) is 22.1. The van der Waals surface area contributed by atoms with Crippen LogP contribution in [0.2, 0.25) is 0 Å². The molecule has 4 heteroatoms. The largest absolute Gasteiger partial charge is 0.481 e. The first kappa shape index (κ1) is 25.2. The molecule has 0 fully saturated rings. The zero-order valence-electron chi connectivity index (χ0n) is 19.0. The highest BCUT2D eigenvalue weighted by Crippen LogP contribution is 2.26. The first-order valence-corrected chi connectivity index (χ1v) is 11.0. The molecule has 0 spiro atoms. The van der Waals surface area contributed by atoms with Gasteiger partial charge in [0.25, 0.3) is 0 Å². The minimum absolute atomic E-state index is 0.629. The maximum atomic E-state index is 11.2. The Bertz CT molecular complexity index is 619. The average molecular weight is 405 g/mol. The maximum Gasteiger partial charge on any atom is 0.309 e. The smallest absolute Gasteiger partial charge is 0.309 e. The van der Waals surface area contributed by atoms with Crippen LogP contribution in [0.15, 0.2) is 18.2 Å². The Morgan fingerprint density at radius 3 is 1.45 bits per heavy atom. The molecule has 1 rings (SSSR count). The van der Waals surface area contributed by atoms with E-state index in [2.05, 4.69) is 25.1 Å². The minimum atomic E-state index is -0.715. The van der Waals surface area contributed by atoms with Crippen molar-refractivity contribution in [1.29, 1.82) is 0 Å². The van der Waals surface area contributed by atoms with Crippen LogP contribution in [0.3, 0.4) is 0 Å². The Kier molecular flexibility index (Phi) is 9.88. The van der Waals surface area contributed by atoms with Gasteiger partial charge in [0.1, 0.15) is 0 Å². The van der Waals surface area contributed by atoms with Crippen molar-refractivity contribution in [3.8, 4) is 0 Å². The molecule has 0 saturated carbocycles. The highest BCUT2D eigenvalue weighted by molar-refractivity contribution is 5.73. The number of carboxylic acid groups (broad SMARTS) is 2. The predicted octanol–water partition coefficient (Wildman–Crippen LogP) is 6.42. The first-order chi connectivity index (χ1) is 13.5. The Balaban J connectivity index is 2.39. The number of aryl methyl sites for hydroxylation is 2. The molecule has 29 heavy (non-hydrogen) atoms. The van der Waals surface area contributed by atoms with Crippen LogP contribution in [-0.4, -0.2) is 22.2 Å². The molecule has 0 unspecified atom stereocenters. The number of hydrogen-bond acceptors (Lipinski definition) is 2. The second kappa shape index (κ2) is 11.4. The molecule has 1 aromatic carbocycles. The molecule has 0 radical (unpaired) electrons. The van der Waals surface area contributed by atoms with Crippen LogP contribution in [0.1, 0.15) is 95.8 Å². The van der Waals surface area contributed by atoms with Gasteiger partial charge in [-0.1, -0.05) is 43.9 Å². The Hall–Kier alpha value is -1.84. The van der Waals surface area contributed by atoms with Crippen LogP contribution in [0.5, 0.6) is 0 Å². The number of hydrogen-bond donors (Lipinski definition) is 2. The Morgan fingerprint density at radius 1 is 0.724 bits per heavy atom. The van der Waals surface area contributed by atoms with E-state index in [1.54, 1.807) is 27.7 Å². The van der Waals surface area contributed by atoms with E-state index in [0.717, 1.165) is 64.2 Å². The van der Waals surface area contributed by atoms with Crippen molar-refractivity contribution in [3.63, 3.8) is 0 Å². The van der Waals surface area contributed by atoms with Crippen LogP contribution in [-0.2, 0) is 22.4 Å². The van der Waals surface area contributed by atoms with Gasteiger partial charge < -0.3 is 10.2 Å². The predicted molar refractivity (Wildman–Crippen MR) is 118 cm³/mol. The van der Waals surface area contributed by atoms with Crippen molar-refractivity contribution in [2.24, 2.45) is 10.8 Å². The monoisotopic (exact) mass is 404 g/mol. The highest BCUT2D eigenvalue weighted by atomic mass is 16.4. The number of benzene rings is 1. The third-order valence-corrected chi connectivity index (χ3v) is 6.21. The molecule has 0 heterocycles. The third kappa shape index (κ3) is 8.59. The molecule has 0 aliphatic heterocycles. The summed E-state index contributed by atoms with van der Waals surface area (Å²) in [6, 6.07) is 6.55. The fourth-order valence-electron chi connectivity index (χ4n) is 3.61. The van der Waals surface area contributed by atoms with Gasteiger partial charge in [0.05, 0.1) is 10.8 Å². The normalized spacial score (nSPS) is 12.2. The molecule has 0 bridgehead atoms. The zero-order valence-corrected chi connectivity index (χ0v) is 19.0. The minimum Gasteiger partial charge on any atom is -0.481 e. The van der Waals surface area contributed by atoms with Crippen LogP contribution in [0.4, 0.5) is 0 Å². The lowest BCUT2D eigenvalue weighted by molar-refractivity contribution is -0.148.